The first-order valence-corrected chi connectivity index (χ1v) is 2.29. The standard InChI is InChI=1S/C4H8F3NO/c1-3(9,8-2)4(5,6)7/h8-9H,1-2H3. The number of nitrogens with one attached hydrogen (secondary N) is 1. The van der Waals surface area contributed by atoms with E-state index in [4.69, 9.17) is 5.11 Å². The molecule has 0 saturated carbocycles. The van der Waals surface area contributed by atoms with Gasteiger partial charge < -0.3 is 5.11 Å². The quantitative estimate of drug-likeness (QED) is 0.523. The highest BCUT2D eigenvalue weighted by Crippen LogP contribution is 2.26. The van der Waals surface area contributed by atoms with Crippen molar-refractivity contribution in [1.82, 2.24) is 5.32 Å². The number of alkyl halides is 3. The van der Waals surface area contributed by atoms with E-state index in [1.165, 1.54) is 0 Å². The van der Waals surface area contributed by atoms with Crippen LogP contribution in [-0.2, 0) is 0 Å². The molecule has 0 bridgehead atoms. The van der Waals surface area contributed by atoms with Crippen LogP contribution in [0.5, 0.6) is 0 Å². The molecular formula is C4H8F3NO. The lowest BCUT2D eigenvalue weighted by Gasteiger charge is -2.24. The van der Waals surface area contributed by atoms with Crippen LogP contribution in [0.15, 0.2) is 0 Å². The normalized spacial score (nSPS) is 19.3. The first kappa shape index (κ1) is 8.71. The number of halogens is 3. The number of hydrogen-bond acceptors (Lipinski definition) is 2. The maximum absolute atomic E-state index is 11.5. The molecule has 0 heterocycles. The lowest BCUT2D eigenvalue weighted by Crippen LogP contribution is -2.52. The highest BCUT2D eigenvalue weighted by molar-refractivity contribution is 4.75. The molecule has 0 fully saturated rings. The van der Waals surface area contributed by atoms with Crippen molar-refractivity contribution in [1.29, 1.82) is 0 Å². The Hall–Kier alpha value is -0.290. The molecule has 1 unspecified atom stereocenters. The largest absolute Gasteiger partial charge is 0.430 e. The van der Waals surface area contributed by atoms with Gasteiger partial charge in [0.05, 0.1) is 0 Å². The van der Waals surface area contributed by atoms with Crippen molar-refractivity contribution < 1.29 is 18.3 Å². The van der Waals surface area contributed by atoms with Crippen molar-refractivity contribution in [3.63, 3.8) is 0 Å². The molecule has 0 amide bonds. The second-order valence-electron chi connectivity index (χ2n) is 1.82. The van der Waals surface area contributed by atoms with Gasteiger partial charge in [0.25, 0.3) is 0 Å². The van der Waals surface area contributed by atoms with Gasteiger partial charge in [-0.05, 0) is 14.0 Å². The maximum Gasteiger partial charge on any atom is 0.430 e. The van der Waals surface area contributed by atoms with Crippen LogP contribution in [0.3, 0.4) is 0 Å². The number of rotatable bonds is 1. The molecule has 2 nitrogen and oxygen atoms in total. The minimum Gasteiger partial charge on any atom is -0.368 e. The zero-order valence-electron chi connectivity index (χ0n) is 5.08. The van der Waals surface area contributed by atoms with Crippen LogP contribution < -0.4 is 5.32 Å². The number of hydrogen-bond donors (Lipinski definition) is 2. The lowest BCUT2D eigenvalue weighted by molar-refractivity contribution is -0.262. The van der Waals surface area contributed by atoms with Gasteiger partial charge in [0.15, 0.2) is 0 Å². The van der Waals surface area contributed by atoms with E-state index in [0.717, 1.165) is 7.05 Å². The van der Waals surface area contributed by atoms with Gasteiger partial charge >= 0.3 is 6.18 Å². The number of aliphatic hydroxyl groups is 1. The summed E-state index contributed by atoms with van der Waals surface area (Å²) in [5, 5.41) is 10.1. The van der Waals surface area contributed by atoms with Gasteiger partial charge in [-0.15, -0.1) is 0 Å². The second-order valence-corrected chi connectivity index (χ2v) is 1.82. The molecule has 9 heavy (non-hydrogen) atoms. The molecule has 1 atom stereocenters. The SMILES string of the molecule is CNC(C)(O)C(F)(F)F. The second kappa shape index (κ2) is 2.15. The molecule has 0 rings (SSSR count). The highest BCUT2D eigenvalue weighted by atomic mass is 19.4. The fourth-order valence-corrected chi connectivity index (χ4v) is 0.142. The van der Waals surface area contributed by atoms with Gasteiger partial charge in [0, 0.05) is 0 Å². The zero-order valence-corrected chi connectivity index (χ0v) is 5.08. The fourth-order valence-electron chi connectivity index (χ4n) is 0.142. The van der Waals surface area contributed by atoms with E-state index in [-0.39, 0.29) is 0 Å². The molecule has 0 aromatic carbocycles. The molecule has 0 saturated heterocycles. The van der Waals surface area contributed by atoms with Gasteiger partial charge in [0.1, 0.15) is 0 Å². The van der Waals surface area contributed by atoms with E-state index < -0.39 is 11.9 Å². The van der Waals surface area contributed by atoms with Crippen molar-refractivity contribution in [2.24, 2.45) is 0 Å². The van der Waals surface area contributed by atoms with Gasteiger partial charge in [-0.1, -0.05) is 0 Å². The first-order chi connectivity index (χ1) is 3.81. The highest BCUT2D eigenvalue weighted by Gasteiger charge is 2.48. The first-order valence-electron chi connectivity index (χ1n) is 2.29. The van der Waals surface area contributed by atoms with Crippen LogP contribution >= 0.6 is 0 Å². The Kier molecular flexibility index (Phi) is 2.08. The Morgan fingerprint density at radius 3 is 1.67 bits per heavy atom. The van der Waals surface area contributed by atoms with Crippen LogP contribution in [0.2, 0.25) is 0 Å². The molecule has 0 radical (unpaired) electrons. The zero-order chi connectivity index (χ0) is 7.71. The lowest BCUT2D eigenvalue weighted by atomic mass is 10.3. The van der Waals surface area contributed by atoms with Crippen molar-refractivity contribution in [2.75, 3.05) is 7.05 Å². The smallest absolute Gasteiger partial charge is 0.368 e. The Balaban J connectivity index is 4.14. The van der Waals surface area contributed by atoms with Gasteiger partial charge in [0.2, 0.25) is 5.72 Å². The Morgan fingerprint density at radius 2 is 1.67 bits per heavy atom. The van der Waals surface area contributed by atoms with E-state index in [1.54, 1.807) is 5.32 Å². The Morgan fingerprint density at radius 1 is 1.33 bits per heavy atom. The molecule has 0 aliphatic rings. The predicted molar refractivity (Wildman–Crippen MR) is 25.7 cm³/mol. The molecule has 5 heteroatoms. The third-order valence-corrected chi connectivity index (χ3v) is 1.04. The Bertz CT molecular complexity index is 98.5. The fraction of sp³-hybridized carbons (Fsp3) is 1.00. The summed E-state index contributed by atoms with van der Waals surface area (Å²) in [6.07, 6.45) is -4.61. The van der Waals surface area contributed by atoms with E-state index in [9.17, 15) is 13.2 Å². The van der Waals surface area contributed by atoms with Crippen molar-refractivity contribution in [3.05, 3.63) is 0 Å². The third-order valence-electron chi connectivity index (χ3n) is 1.04. The molecule has 0 aromatic heterocycles. The van der Waals surface area contributed by atoms with Crippen LogP contribution in [0.4, 0.5) is 13.2 Å². The van der Waals surface area contributed by atoms with Gasteiger partial charge in [-0.3, -0.25) is 5.32 Å². The van der Waals surface area contributed by atoms with Crippen LogP contribution in [0.25, 0.3) is 0 Å². The minimum atomic E-state index is -4.61. The summed E-state index contributed by atoms with van der Waals surface area (Å²) in [6, 6.07) is 0. The maximum atomic E-state index is 11.5. The van der Waals surface area contributed by atoms with Crippen LogP contribution in [0, 0.1) is 0 Å². The molecule has 0 spiro atoms. The molecular weight excluding hydrogens is 135 g/mol. The average molecular weight is 143 g/mol. The van der Waals surface area contributed by atoms with Crippen LogP contribution in [-0.4, -0.2) is 24.1 Å². The summed E-state index contributed by atoms with van der Waals surface area (Å²) in [6.45, 7) is 0.646. The van der Waals surface area contributed by atoms with E-state index >= 15 is 0 Å². The van der Waals surface area contributed by atoms with Crippen molar-refractivity contribution in [3.8, 4) is 0 Å². The van der Waals surface area contributed by atoms with Crippen LogP contribution in [0.1, 0.15) is 6.92 Å². The van der Waals surface area contributed by atoms with E-state index in [2.05, 4.69) is 0 Å². The molecule has 0 aliphatic carbocycles. The third kappa shape index (κ3) is 1.83. The molecule has 2 N–H and O–H groups in total. The van der Waals surface area contributed by atoms with Crippen molar-refractivity contribution >= 4 is 0 Å². The van der Waals surface area contributed by atoms with Gasteiger partial charge in [-0.2, -0.15) is 13.2 Å². The summed E-state index contributed by atoms with van der Waals surface area (Å²) < 4.78 is 34.6. The average Bonchev–Trinajstić information content (AvgIpc) is 1.64. The Labute approximate surface area is 50.7 Å². The minimum absolute atomic E-state index is 0.646. The van der Waals surface area contributed by atoms with E-state index in [0.29, 0.717) is 6.92 Å². The summed E-state index contributed by atoms with van der Waals surface area (Å²) in [4.78, 5) is 0. The summed E-state index contributed by atoms with van der Waals surface area (Å²) >= 11 is 0. The molecule has 56 valence electrons. The van der Waals surface area contributed by atoms with Gasteiger partial charge in [-0.25, -0.2) is 0 Å². The van der Waals surface area contributed by atoms with E-state index in [1.807, 2.05) is 0 Å². The molecule has 0 aliphatic heterocycles. The predicted octanol–water partition coefficient (Wildman–Crippen LogP) is 0.477. The summed E-state index contributed by atoms with van der Waals surface area (Å²) in [5.74, 6) is 0. The summed E-state index contributed by atoms with van der Waals surface area (Å²) in [5.41, 5.74) is -2.77. The monoisotopic (exact) mass is 143 g/mol. The molecule has 0 aromatic rings. The van der Waals surface area contributed by atoms with Crippen molar-refractivity contribution in [2.45, 2.75) is 18.8 Å². The summed E-state index contributed by atoms with van der Waals surface area (Å²) in [7, 11) is 1.04. The topological polar surface area (TPSA) is 32.3 Å².